The smallest absolute Gasteiger partial charge is 0.226 e. The Bertz CT molecular complexity index is 7050. The van der Waals surface area contributed by atoms with Gasteiger partial charge in [-0.05, 0) is 215 Å². The Morgan fingerprint density at radius 3 is 0.987 bits per heavy atom. The van der Waals surface area contributed by atoms with Crippen molar-refractivity contribution < 1.29 is 70.2 Å². The van der Waals surface area contributed by atoms with Crippen molar-refractivity contribution in [2.45, 2.75) is 145 Å². The number of hydrogen-bond acceptors (Lipinski definition) is 18. The van der Waals surface area contributed by atoms with Crippen molar-refractivity contribution in [3.05, 3.63) is 400 Å². The summed E-state index contributed by atoms with van der Waals surface area (Å²) in [5, 5.41) is 0.449. The molecule has 15 aromatic rings. The van der Waals surface area contributed by atoms with Gasteiger partial charge in [-0.2, -0.15) is 18.2 Å². The van der Waals surface area contributed by atoms with E-state index >= 15 is 0 Å². The summed E-state index contributed by atoms with van der Waals surface area (Å²) in [5.41, 5.74) is 26.5. The van der Waals surface area contributed by atoms with Crippen LogP contribution in [0.4, 0.5) is 51.8 Å². The Morgan fingerprint density at radius 2 is 0.633 bits per heavy atom. The number of benzene rings is 9. The van der Waals surface area contributed by atoms with Gasteiger partial charge in [-0.1, -0.05) is 228 Å². The number of pyridine rings is 6. The van der Waals surface area contributed by atoms with Crippen LogP contribution in [0.15, 0.2) is 304 Å². The van der Waals surface area contributed by atoms with Crippen LogP contribution in [-0.4, -0.2) is 131 Å². The van der Waals surface area contributed by atoms with E-state index in [-0.39, 0.29) is 94.7 Å². The molecule has 15 rings (SSSR count). The van der Waals surface area contributed by atoms with Gasteiger partial charge in [0.25, 0.3) is 0 Å². The first-order valence-corrected chi connectivity index (χ1v) is 49.8. The first kappa shape index (κ1) is 114. The molecule has 5 amide bonds. The number of carbonyl (C=O) groups excluding carboxylic acids is 10. The van der Waals surface area contributed by atoms with E-state index in [4.69, 9.17) is 22.1 Å². The van der Waals surface area contributed by atoms with Crippen molar-refractivity contribution in [2.24, 2.45) is 0 Å². The van der Waals surface area contributed by atoms with Crippen LogP contribution in [0.5, 0.6) is 5.88 Å². The molecule has 0 fully saturated rings. The summed E-state index contributed by atoms with van der Waals surface area (Å²) in [6, 6.07) is 84.5. The fourth-order valence-electron chi connectivity index (χ4n) is 16.2. The van der Waals surface area contributed by atoms with E-state index in [2.05, 4.69) is 29.9 Å². The third-order valence-electron chi connectivity index (χ3n) is 25.6. The summed E-state index contributed by atoms with van der Waals surface area (Å²) < 4.78 is 59.8. The van der Waals surface area contributed by atoms with Gasteiger partial charge in [0, 0.05) is 192 Å². The summed E-state index contributed by atoms with van der Waals surface area (Å²) in [6.07, 6.45) is 12.4. The molecule has 0 aliphatic carbocycles. The fourth-order valence-corrected chi connectivity index (χ4v) is 16.4. The summed E-state index contributed by atoms with van der Waals surface area (Å²) in [7, 11) is 10.2. The second kappa shape index (κ2) is 55.7. The Hall–Kier alpha value is -16.8. The minimum absolute atomic E-state index is 0.0171. The van der Waals surface area contributed by atoms with E-state index in [9.17, 15) is 65.5 Å². The molecule has 6 heterocycles. The second-order valence-electron chi connectivity index (χ2n) is 35.3. The number of halogens is 5. The molecule has 0 saturated heterocycles. The van der Waals surface area contributed by atoms with Crippen LogP contribution in [0.1, 0.15) is 190 Å². The number of anilines is 6. The van der Waals surface area contributed by atoms with E-state index in [0.29, 0.717) is 139 Å². The number of ketones is 5. The molecule has 23 nitrogen and oxygen atoms in total. The van der Waals surface area contributed by atoms with Gasteiger partial charge >= 0.3 is 0 Å². The molecule has 0 unspecified atom stereocenters. The van der Waals surface area contributed by atoms with Crippen molar-refractivity contribution in [1.29, 1.82) is 0 Å². The minimum Gasteiger partial charge on any atom is -0.481 e. The quantitative estimate of drug-likeness (QED) is 0.0217. The Kier molecular flexibility index (Phi) is 42.1. The van der Waals surface area contributed by atoms with Crippen LogP contribution in [0, 0.1) is 37.5 Å². The van der Waals surface area contributed by atoms with Crippen LogP contribution in [0.25, 0.3) is 55.6 Å². The number of Topliss-reactive ketones (excluding diaryl/α,β-unsaturated/α-hetero) is 5. The lowest BCUT2D eigenvalue weighted by Gasteiger charge is -2.19. The molecule has 28 heteroatoms. The highest BCUT2D eigenvalue weighted by Crippen LogP contribution is 2.35. The number of nitrogens with two attached hydrogens (primary N) is 1. The van der Waals surface area contributed by atoms with Crippen molar-refractivity contribution in [2.75, 3.05) is 72.6 Å². The monoisotopic (exact) mass is 2040 g/mol. The van der Waals surface area contributed by atoms with Crippen LogP contribution in [0.2, 0.25) is 5.15 Å². The number of nitrogens with zero attached hydrogens (tertiary/aromatic N) is 11. The molecule has 0 bridgehead atoms. The zero-order chi connectivity index (χ0) is 108. The highest BCUT2D eigenvalue weighted by molar-refractivity contribution is 6.30. The molecule has 770 valence electrons. The van der Waals surface area contributed by atoms with Crippen molar-refractivity contribution in [3.63, 3.8) is 0 Å². The second-order valence-corrected chi connectivity index (χ2v) is 35.6. The molecule has 0 aliphatic heterocycles. The summed E-state index contributed by atoms with van der Waals surface area (Å²) in [5.74, 6) is -1.74. The standard InChI is InChI=1S/C25H25FN2O2.C25H26N2O3.C24H23ClN2O2.C24H22F3N3O2.C24H25N3O2/c1-4-25(30)28(3)22-13-9-20(10-14-22)19-5-7-21(8-6-19)23(29)15-11-18-12-16-24(26)27-17(18)2;1-4-24(29)27(2)22-14-11-19(12-15-22)18-7-9-20(10-8-18)23(28)16-13-21-6-5-17-26-25(21)30-3;1-3-23(29)27(2)21-13-10-18(11-14-21)17-6-8-19(9-7-17)22(28)15-12-20-5-4-16-26-24(20)25;1-4-22(32)30(3)19-10-8-17(14(2)23(19)26)16-5-9-18(28-13-16)20(31)11-6-15-7-12-21(25)29-24(15)27;1-3-23(29)27(2)21-13-10-18(11-14-21)17-6-8-19(9-7-17)22(28)15-12-20-5-4-16-26-24(20)25/h5-10,12-14,16H,4,11,15H2,1-3H3;5-12,14-15,17H,4,13,16H2,1-3H3;4-11,13-14,16H,3,12,15H2,1-2H3;5,7-10,12-13H,4,6,11H2,1-3H3;4-11,13-14,16H,3,12,15H2,1-2H3,(H2,25,26). The molecular weight excluding hydrogens is 1920 g/mol. The molecule has 0 aliphatic rings. The maximum atomic E-state index is 14.9. The van der Waals surface area contributed by atoms with Gasteiger partial charge in [-0.15, -0.1) is 0 Å². The highest BCUT2D eigenvalue weighted by Gasteiger charge is 2.23. The predicted molar refractivity (Wildman–Crippen MR) is 585 cm³/mol. The molecule has 0 spiro atoms. The highest BCUT2D eigenvalue weighted by atomic mass is 35.5. The number of rotatable bonds is 36. The Balaban J connectivity index is 0.000000178. The SMILES string of the molecule is CCC(=O)N(C)c1ccc(-c2ccc(C(=O)CCc3ccc(F)nc3C)cc2)cc1.CCC(=O)N(C)c1ccc(-c2ccc(C(=O)CCc3ccc(F)nc3F)nc2)c(C)c1F.CCC(=O)N(C)c1ccc(-c2ccc(C(=O)CCc3cccnc3Cl)cc2)cc1.CCC(=O)N(C)c1ccc(-c2ccc(C(=O)CCc3cccnc3N)cc2)cc1.CCC(=O)N(C)c1ccc(-c2ccc(C(=O)CCc3cccnc3OC)cc2)cc1. The van der Waals surface area contributed by atoms with Crippen LogP contribution < -0.4 is 35.0 Å². The largest absolute Gasteiger partial charge is 0.481 e. The third kappa shape index (κ3) is 31.4. The lowest BCUT2D eigenvalue weighted by atomic mass is 9.99. The fraction of sp³-hybridized carbons (Fsp3) is 0.230. The zero-order valence-electron chi connectivity index (χ0n) is 86.4. The van der Waals surface area contributed by atoms with E-state index in [1.165, 1.54) is 42.4 Å². The molecule has 9 aromatic carbocycles. The van der Waals surface area contributed by atoms with Gasteiger partial charge in [0.2, 0.25) is 53.3 Å². The molecule has 0 radical (unpaired) electrons. The Labute approximate surface area is 877 Å². The van der Waals surface area contributed by atoms with Gasteiger partial charge < -0.3 is 35.0 Å². The van der Waals surface area contributed by atoms with E-state index in [1.807, 2.05) is 258 Å². The molecule has 2 N–H and O–H groups in total. The molecular formula is C122H121ClF4N12O11. The topological polar surface area (TPSA) is 299 Å². The van der Waals surface area contributed by atoms with E-state index in [0.717, 1.165) is 95.6 Å². The van der Waals surface area contributed by atoms with E-state index in [1.54, 1.807) is 112 Å². The molecule has 0 saturated carbocycles. The van der Waals surface area contributed by atoms with Crippen LogP contribution in [-0.2, 0) is 56.1 Å². The average molecular weight is 2040 g/mol. The minimum atomic E-state index is -0.937. The molecule has 6 aromatic heterocycles. The number of carbonyl (C=O) groups is 10. The normalized spacial score (nSPS) is 10.6. The van der Waals surface area contributed by atoms with Gasteiger partial charge in [-0.25, -0.2) is 24.3 Å². The lowest BCUT2D eigenvalue weighted by Crippen LogP contribution is -2.26. The zero-order valence-corrected chi connectivity index (χ0v) is 87.1. The van der Waals surface area contributed by atoms with Crippen molar-refractivity contribution >= 4 is 104 Å². The number of hydrogen-bond donors (Lipinski definition) is 1. The maximum Gasteiger partial charge on any atom is 0.226 e. The number of amides is 5. The lowest BCUT2D eigenvalue weighted by molar-refractivity contribution is -0.118. The maximum absolute atomic E-state index is 14.9. The molecule has 150 heavy (non-hydrogen) atoms. The number of aryl methyl sites for hydroxylation is 6. The summed E-state index contributed by atoms with van der Waals surface area (Å²) in [4.78, 5) is 153. The number of nitrogen functional groups attached to an aromatic ring is 1. The summed E-state index contributed by atoms with van der Waals surface area (Å²) in [6.45, 7) is 12.5. The third-order valence-corrected chi connectivity index (χ3v) is 26.0. The predicted octanol–water partition coefficient (Wildman–Crippen LogP) is 25.5. The Morgan fingerprint density at radius 1 is 0.320 bits per heavy atom. The van der Waals surface area contributed by atoms with Gasteiger partial charge in [-0.3, -0.25) is 52.9 Å². The van der Waals surface area contributed by atoms with Gasteiger partial charge in [0.05, 0.1) is 12.8 Å². The average Bonchev–Trinajstić information content (AvgIpc) is 0.795. The van der Waals surface area contributed by atoms with Crippen molar-refractivity contribution in [3.8, 4) is 61.5 Å². The first-order valence-electron chi connectivity index (χ1n) is 49.4. The van der Waals surface area contributed by atoms with Gasteiger partial charge in [0.15, 0.2) is 28.9 Å². The van der Waals surface area contributed by atoms with Crippen LogP contribution in [0.3, 0.4) is 0 Å². The van der Waals surface area contributed by atoms with Crippen molar-refractivity contribution in [1.82, 2.24) is 29.9 Å². The summed E-state index contributed by atoms with van der Waals surface area (Å²) >= 11 is 6.05. The molecule has 0 atom stereocenters. The van der Waals surface area contributed by atoms with Gasteiger partial charge in [0.1, 0.15) is 22.5 Å². The number of aromatic nitrogens is 6. The first-order chi connectivity index (χ1) is 72.1. The van der Waals surface area contributed by atoms with E-state index < -0.39 is 23.7 Å². The number of ether oxygens (including phenoxy) is 1. The van der Waals surface area contributed by atoms with Crippen LogP contribution >= 0.6 is 11.6 Å². The number of methoxy groups -OCH3 is 1.